The van der Waals surface area contributed by atoms with E-state index in [1.54, 1.807) is 18.2 Å². The highest BCUT2D eigenvalue weighted by molar-refractivity contribution is 7.15. The highest BCUT2D eigenvalue weighted by atomic mass is 32.1. The van der Waals surface area contributed by atoms with Gasteiger partial charge in [-0.25, -0.2) is 0 Å². The summed E-state index contributed by atoms with van der Waals surface area (Å²) in [5.74, 6) is 0.329. The molecule has 1 aromatic heterocycles. The Bertz CT molecular complexity index is 842. The molecule has 0 saturated heterocycles. The molecule has 136 valence electrons. The van der Waals surface area contributed by atoms with Gasteiger partial charge in [-0.3, -0.25) is 10.1 Å². The molecule has 0 bridgehead atoms. The van der Waals surface area contributed by atoms with E-state index in [1.807, 2.05) is 13.0 Å². The van der Waals surface area contributed by atoms with Crippen molar-refractivity contribution in [1.82, 2.24) is 10.2 Å². The summed E-state index contributed by atoms with van der Waals surface area (Å²) in [6, 6.07) is 6.84. The first kappa shape index (κ1) is 19.4. The molecule has 9 heteroatoms. The number of aromatic nitrogens is 2. The van der Waals surface area contributed by atoms with Crippen molar-refractivity contribution in [3.63, 3.8) is 0 Å². The maximum absolute atomic E-state index is 12.3. The van der Waals surface area contributed by atoms with Crippen LogP contribution in [0.2, 0.25) is 0 Å². The fourth-order valence-electron chi connectivity index (χ4n) is 1.98. The van der Waals surface area contributed by atoms with Gasteiger partial charge in [0.05, 0.1) is 13.7 Å². The maximum Gasteiger partial charge on any atom is 0.268 e. The largest absolute Gasteiger partial charge is 0.493 e. The Kier molecular flexibility index (Phi) is 7.08. The van der Waals surface area contributed by atoms with Gasteiger partial charge in [0, 0.05) is 0 Å². The van der Waals surface area contributed by atoms with E-state index in [9.17, 15) is 10.1 Å². The van der Waals surface area contributed by atoms with E-state index in [2.05, 4.69) is 15.5 Å². The van der Waals surface area contributed by atoms with Gasteiger partial charge >= 0.3 is 0 Å². The molecule has 1 amide bonds. The van der Waals surface area contributed by atoms with Gasteiger partial charge < -0.3 is 14.6 Å². The van der Waals surface area contributed by atoms with E-state index >= 15 is 0 Å². The number of nitrogens with one attached hydrogen (secondary N) is 1. The number of hydrogen-bond acceptors (Lipinski definition) is 8. The van der Waals surface area contributed by atoms with Crippen molar-refractivity contribution < 1.29 is 19.4 Å². The number of aliphatic hydroxyl groups is 1. The predicted molar refractivity (Wildman–Crippen MR) is 97.1 cm³/mol. The maximum atomic E-state index is 12.3. The predicted octanol–water partition coefficient (Wildman–Crippen LogP) is 2.03. The number of aliphatic hydroxyl groups excluding tert-OH is 1. The second-order valence-corrected chi connectivity index (χ2v) is 6.02. The molecule has 0 spiro atoms. The molecule has 0 aliphatic heterocycles. The standard InChI is InChI=1S/C17H18N4O4S/c1-3-15-20-21-17(26-15)19-16(23)12(10-18)8-11-4-5-13(25-7-6-22)14(9-11)24-2/h4-5,8-9,22H,3,6-7H2,1-2H3,(H,19,21,23)/b12-8+. The highest BCUT2D eigenvalue weighted by Gasteiger charge is 2.13. The van der Waals surface area contributed by atoms with Gasteiger partial charge in [-0.2, -0.15) is 5.26 Å². The molecule has 1 heterocycles. The zero-order valence-corrected chi connectivity index (χ0v) is 15.2. The van der Waals surface area contributed by atoms with Gasteiger partial charge in [0.1, 0.15) is 23.3 Å². The quantitative estimate of drug-likeness (QED) is 0.536. The topological polar surface area (TPSA) is 117 Å². The zero-order valence-electron chi connectivity index (χ0n) is 14.4. The lowest BCUT2D eigenvalue weighted by Gasteiger charge is -2.10. The van der Waals surface area contributed by atoms with Crippen LogP contribution in [-0.2, 0) is 11.2 Å². The first-order valence-corrected chi connectivity index (χ1v) is 8.60. The summed E-state index contributed by atoms with van der Waals surface area (Å²) in [7, 11) is 1.48. The average molecular weight is 374 g/mol. The smallest absolute Gasteiger partial charge is 0.268 e. The first-order valence-electron chi connectivity index (χ1n) is 7.78. The number of carbonyl (C=O) groups is 1. The van der Waals surface area contributed by atoms with Gasteiger partial charge in [0.2, 0.25) is 5.13 Å². The minimum Gasteiger partial charge on any atom is -0.493 e. The van der Waals surface area contributed by atoms with Crippen molar-refractivity contribution >= 4 is 28.5 Å². The second kappa shape index (κ2) is 9.50. The number of aryl methyl sites for hydroxylation is 1. The summed E-state index contributed by atoms with van der Waals surface area (Å²) < 4.78 is 10.6. The molecule has 2 N–H and O–H groups in total. The van der Waals surface area contributed by atoms with Gasteiger partial charge in [0.15, 0.2) is 11.5 Å². The Balaban J connectivity index is 2.19. The van der Waals surface area contributed by atoms with E-state index in [1.165, 1.54) is 24.5 Å². The number of nitrogens with zero attached hydrogens (tertiary/aromatic N) is 3. The summed E-state index contributed by atoms with van der Waals surface area (Å²) in [6.45, 7) is 1.96. The Morgan fingerprint density at radius 2 is 2.23 bits per heavy atom. The zero-order chi connectivity index (χ0) is 18.9. The molecule has 0 saturated carbocycles. The second-order valence-electron chi connectivity index (χ2n) is 4.96. The van der Waals surface area contributed by atoms with Crippen LogP contribution in [0.3, 0.4) is 0 Å². The van der Waals surface area contributed by atoms with E-state index in [4.69, 9.17) is 14.6 Å². The molecule has 2 rings (SSSR count). The normalized spacial score (nSPS) is 10.9. The molecule has 2 aromatic rings. The SMILES string of the molecule is CCc1nnc(NC(=O)/C(C#N)=C/c2ccc(OCCO)c(OC)c2)s1. The number of rotatable bonds is 8. The fraction of sp³-hybridized carbons (Fsp3) is 0.294. The van der Waals surface area contributed by atoms with Crippen LogP contribution in [0.4, 0.5) is 5.13 Å². The van der Waals surface area contributed by atoms with E-state index in [0.29, 0.717) is 22.2 Å². The summed E-state index contributed by atoms with van der Waals surface area (Å²) in [5, 5.41) is 29.6. The number of amides is 1. The van der Waals surface area contributed by atoms with Crippen molar-refractivity contribution in [2.75, 3.05) is 25.6 Å². The molecule has 26 heavy (non-hydrogen) atoms. The van der Waals surface area contributed by atoms with Crippen LogP contribution < -0.4 is 14.8 Å². The number of carbonyl (C=O) groups excluding carboxylic acids is 1. The molecule has 0 aliphatic carbocycles. The number of hydrogen-bond donors (Lipinski definition) is 2. The fourth-order valence-corrected chi connectivity index (χ4v) is 2.65. The van der Waals surface area contributed by atoms with Gasteiger partial charge in [-0.05, 0) is 30.2 Å². The minimum absolute atomic E-state index is 0.0793. The third-order valence-electron chi connectivity index (χ3n) is 3.20. The van der Waals surface area contributed by atoms with Gasteiger partial charge in [-0.15, -0.1) is 10.2 Å². The number of anilines is 1. The van der Waals surface area contributed by atoms with Crippen molar-refractivity contribution in [3.8, 4) is 17.6 Å². The summed E-state index contributed by atoms with van der Waals surface area (Å²) in [4.78, 5) is 12.3. The van der Waals surface area contributed by atoms with Gasteiger partial charge in [0.25, 0.3) is 5.91 Å². The Morgan fingerprint density at radius 3 is 2.85 bits per heavy atom. The molecular weight excluding hydrogens is 356 g/mol. The van der Waals surface area contributed by atoms with Crippen molar-refractivity contribution in [2.45, 2.75) is 13.3 Å². The van der Waals surface area contributed by atoms with E-state index in [-0.39, 0.29) is 18.8 Å². The molecule has 0 atom stereocenters. The van der Waals surface area contributed by atoms with E-state index in [0.717, 1.165) is 11.4 Å². The molecule has 8 nitrogen and oxygen atoms in total. The van der Waals surface area contributed by atoms with Crippen LogP contribution in [0.5, 0.6) is 11.5 Å². The van der Waals surface area contributed by atoms with Crippen LogP contribution in [0.25, 0.3) is 6.08 Å². The molecule has 0 unspecified atom stereocenters. The van der Waals surface area contributed by atoms with Crippen LogP contribution in [0.1, 0.15) is 17.5 Å². The number of ether oxygens (including phenoxy) is 2. The summed E-state index contributed by atoms with van der Waals surface area (Å²) >= 11 is 1.26. The van der Waals surface area contributed by atoms with Crippen LogP contribution in [0, 0.1) is 11.3 Å². The summed E-state index contributed by atoms with van der Waals surface area (Å²) in [5.41, 5.74) is 0.515. The third kappa shape index (κ3) is 5.02. The molecular formula is C17H18N4O4S. The molecule has 1 aromatic carbocycles. The lowest BCUT2D eigenvalue weighted by Crippen LogP contribution is -2.13. The van der Waals surface area contributed by atoms with Crippen molar-refractivity contribution in [2.24, 2.45) is 0 Å². The lowest BCUT2D eigenvalue weighted by molar-refractivity contribution is -0.112. The number of benzene rings is 1. The molecule has 0 fully saturated rings. The Hall–Kier alpha value is -2.96. The monoisotopic (exact) mass is 374 g/mol. The third-order valence-corrected chi connectivity index (χ3v) is 4.19. The molecule has 0 radical (unpaired) electrons. The Morgan fingerprint density at radius 1 is 1.42 bits per heavy atom. The summed E-state index contributed by atoms with van der Waals surface area (Å²) in [6.07, 6.45) is 2.16. The number of methoxy groups -OCH3 is 1. The van der Waals surface area contributed by atoms with Crippen LogP contribution in [0.15, 0.2) is 23.8 Å². The average Bonchev–Trinajstić information content (AvgIpc) is 3.12. The van der Waals surface area contributed by atoms with Crippen LogP contribution in [-0.4, -0.2) is 41.5 Å². The van der Waals surface area contributed by atoms with Crippen molar-refractivity contribution in [1.29, 1.82) is 5.26 Å². The molecule has 0 aliphatic rings. The van der Waals surface area contributed by atoms with Crippen LogP contribution >= 0.6 is 11.3 Å². The highest BCUT2D eigenvalue weighted by Crippen LogP contribution is 2.29. The van der Waals surface area contributed by atoms with Crippen molar-refractivity contribution in [3.05, 3.63) is 34.3 Å². The Labute approximate surface area is 154 Å². The van der Waals surface area contributed by atoms with Gasteiger partial charge in [-0.1, -0.05) is 24.3 Å². The first-order chi connectivity index (χ1) is 12.6. The van der Waals surface area contributed by atoms with E-state index < -0.39 is 5.91 Å². The lowest BCUT2D eigenvalue weighted by atomic mass is 10.1. The number of nitriles is 1. The minimum atomic E-state index is -0.564.